The molecule has 0 unspecified atom stereocenters. The molecule has 0 bridgehead atoms. The predicted octanol–water partition coefficient (Wildman–Crippen LogP) is 10.2. The summed E-state index contributed by atoms with van der Waals surface area (Å²) in [6.45, 7) is 11.1. The van der Waals surface area contributed by atoms with Gasteiger partial charge in [0, 0.05) is 19.6 Å². The summed E-state index contributed by atoms with van der Waals surface area (Å²) in [4.78, 5) is 12.2. The van der Waals surface area contributed by atoms with Gasteiger partial charge < -0.3 is 14.2 Å². The highest BCUT2D eigenvalue weighted by molar-refractivity contribution is 5.69. The molecule has 0 aliphatic heterocycles. The summed E-state index contributed by atoms with van der Waals surface area (Å²) in [5, 5.41) is 0. The lowest BCUT2D eigenvalue weighted by molar-refractivity contribution is -0.159. The molecule has 0 aromatic rings. The average Bonchev–Trinajstić information content (AvgIpc) is 2.86. The molecule has 0 rings (SSSR count). The topological polar surface area (TPSA) is 44.8 Å². The molecule has 0 aliphatic carbocycles. The number of rotatable bonds is 29. The molecule has 0 amide bonds. The third-order valence-corrected chi connectivity index (χ3v) is 6.88. The summed E-state index contributed by atoms with van der Waals surface area (Å²) in [5.74, 6) is 0.688. The van der Waals surface area contributed by atoms with Gasteiger partial charge in [-0.05, 0) is 25.2 Å². The minimum absolute atomic E-state index is 0.112. The molecular formula is C32H64O4. The van der Waals surface area contributed by atoms with Gasteiger partial charge in [0.2, 0.25) is 0 Å². The van der Waals surface area contributed by atoms with Gasteiger partial charge in [0.05, 0.1) is 13.0 Å². The first-order valence-corrected chi connectivity index (χ1v) is 16.0. The summed E-state index contributed by atoms with van der Waals surface area (Å²) in [7, 11) is 0. The molecule has 0 saturated carbocycles. The first-order chi connectivity index (χ1) is 17.6. The van der Waals surface area contributed by atoms with Crippen molar-refractivity contribution < 1.29 is 19.0 Å². The van der Waals surface area contributed by atoms with Gasteiger partial charge in [-0.2, -0.15) is 0 Å². The maximum Gasteiger partial charge on any atom is 0.305 e. The lowest BCUT2D eigenvalue weighted by Crippen LogP contribution is -2.21. The molecule has 0 radical (unpaired) electrons. The van der Waals surface area contributed by atoms with E-state index in [1.54, 1.807) is 0 Å². The lowest BCUT2D eigenvalue weighted by atomic mass is 10.0. The number of carbonyl (C=O) groups excluding carboxylic acids is 1. The first kappa shape index (κ1) is 35.4. The van der Waals surface area contributed by atoms with Crippen molar-refractivity contribution in [3.05, 3.63) is 0 Å². The summed E-state index contributed by atoms with van der Waals surface area (Å²) in [6.07, 6.45) is 25.8. The van der Waals surface area contributed by atoms with E-state index >= 15 is 0 Å². The Labute approximate surface area is 226 Å². The van der Waals surface area contributed by atoms with Crippen LogP contribution in [-0.4, -0.2) is 32.1 Å². The number of ether oxygens (including phenoxy) is 3. The van der Waals surface area contributed by atoms with Gasteiger partial charge in [-0.25, -0.2) is 0 Å². The van der Waals surface area contributed by atoms with Crippen LogP contribution in [0.15, 0.2) is 0 Å². The van der Waals surface area contributed by atoms with Gasteiger partial charge in [-0.3, -0.25) is 4.79 Å². The highest BCUT2D eigenvalue weighted by Gasteiger charge is 2.13. The molecule has 4 heteroatoms. The fourth-order valence-corrected chi connectivity index (χ4v) is 4.44. The molecule has 0 aromatic carbocycles. The molecule has 0 saturated heterocycles. The largest absolute Gasteiger partial charge is 0.466 e. The van der Waals surface area contributed by atoms with E-state index in [4.69, 9.17) is 14.2 Å². The SMILES string of the molecule is CCCCCCCCCOC(CCC(=O)OCCCCCCCC(C)C)OCCCCCCCCC. The van der Waals surface area contributed by atoms with Crippen LogP contribution in [0.4, 0.5) is 0 Å². The van der Waals surface area contributed by atoms with E-state index in [1.807, 2.05) is 0 Å². The van der Waals surface area contributed by atoms with Crippen molar-refractivity contribution in [3.8, 4) is 0 Å². The maximum atomic E-state index is 12.2. The van der Waals surface area contributed by atoms with Crippen molar-refractivity contribution in [2.75, 3.05) is 19.8 Å². The van der Waals surface area contributed by atoms with Crippen LogP contribution in [-0.2, 0) is 19.0 Å². The fraction of sp³-hybridized carbons (Fsp3) is 0.969. The van der Waals surface area contributed by atoms with Crippen LogP contribution in [0.5, 0.6) is 0 Å². The van der Waals surface area contributed by atoms with Crippen LogP contribution in [0, 0.1) is 5.92 Å². The van der Waals surface area contributed by atoms with Gasteiger partial charge in [-0.15, -0.1) is 0 Å². The second kappa shape index (κ2) is 29.0. The third kappa shape index (κ3) is 28.0. The Morgan fingerprint density at radius 2 is 0.944 bits per heavy atom. The molecule has 36 heavy (non-hydrogen) atoms. The Kier molecular flexibility index (Phi) is 28.5. The van der Waals surface area contributed by atoms with Crippen molar-refractivity contribution >= 4 is 5.97 Å². The molecule has 4 nitrogen and oxygen atoms in total. The summed E-state index contributed by atoms with van der Waals surface area (Å²) in [5.41, 5.74) is 0. The van der Waals surface area contributed by atoms with Crippen LogP contribution in [0.25, 0.3) is 0 Å². The minimum atomic E-state index is -0.279. The summed E-state index contributed by atoms with van der Waals surface area (Å²) < 4.78 is 17.6. The van der Waals surface area contributed by atoms with Gasteiger partial charge in [0.1, 0.15) is 0 Å². The normalized spacial score (nSPS) is 11.6. The second-order valence-electron chi connectivity index (χ2n) is 11.1. The Balaban J connectivity index is 4.00. The van der Waals surface area contributed by atoms with Crippen molar-refractivity contribution in [1.29, 1.82) is 0 Å². The van der Waals surface area contributed by atoms with Gasteiger partial charge in [0.25, 0.3) is 0 Å². The number of hydrogen-bond donors (Lipinski definition) is 0. The molecule has 0 fully saturated rings. The van der Waals surface area contributed by atoms with E-state index in [0.717, 1.165) is 44.8 Å². The maximum absolute atomic E-state index is 12.2. The fourth-order valence-electron chi connectivity index (χ4n) is 4.44. The zero-order valence-corrected chi connectivity index (χ0v) is 25.0. The Bertz CT molecular complexity index is 418. The van der Waals surface area contributed by atoms with Crippen molar-refractivity contribution in [3.63, 3.8) is 0 Å². The van der Waals surface area contributed by atoms with Crippen molar-refractivity contribution in [2.24, 2.45) is 5.92 Å². The lowest BCUT2D eigenvalue weighted by Gasteiger charge is -2.18. The van der Waals surface area contributed by atoms with Crippen molar-refractivity contribution in [2.45, 2.75) is 175 Å². The summed E-state index contributed by atoms with van der Waals surface area (Å²) in [6, 6.07) is 0. The Morgan fingerprint density at radius 1 is 0.528 bits per heavy atom. The predicted molar refractivity (Wildman–Crippen MR) is 154 cm³/mol. The van der Waals surface area contributed by atoms with Crippen LogP contribution in [0.1, 0.15) is 169 Å². The van der Waals surface area contributed by atoms with Crippen LogP contribution >= 0.6 is 0 Å². The van der Waals surface area contributed by atoms with E-state index in [-0.39, 0.29) is 12.3 Å². The van der Waals surface area contributed by atoms with Gasteiger partial charge in [0.15, 0.2) is 6.29 Å². The van der Waals surface area contributed by atoms with E-state index < -0.39 is 0 Å². The summed E-state index contributed by atoms with van der Waals surface area (Å²) >= 11 is 0. The van der Waals surface area contributed by atoms with Gasteiger partial charge in [-0.1, -0.05) is 137 Å². The molecular weight excluding hydrogens is 448 g/mol. The number of carbonyl (C=O) groups is 1. The molecule has 0 heterocycles. The van der Waals surface area contributed by atoms with Crippen LogP contribution in [0.3, 0.4) is 0 Å². The average molecular weight is 513 g/mol. The quantitative estimate of drug-likeness (QED) is 0.0568. The molecule has 0 N–H and O–H groups in total. The number of esters is 1. The van der Waals surface area contributed by atoms with E-state index in [9.17, 15) is 4.79 Å². The van der Waals surface area contributed by atoms with Crippen molar-refractivity contribution in [1.82, 2.24) is 0 Å². The molecule has 0 aliphatic rings. The zero-order chi connectivity index (χ0) is 26.5. The first-order valence-electron chi connectivity index (χ1n) is 16.0. The second-order valence-corrected chi connectivity index (χ2v) is 11.1. The highest BCUT2D eigenvalue weighted by atomic mass is 16.7. The monoisotopic (exact) mass is 512 g/mol. The van der Waals surface area contributed by atoms with Crippen LogP contribution < -0.4 is 0 Å². The third-order valence-electron chi connectivity index (χ3n) is 6.88. The molecule has 216 valence electrons. The Morgan fingerprint density at radius 3 is 1.42 bits per heavy atom. The van der Waals surface area contributed by atoms with E-state index in [1.165, 1.54) is 103 Å². The minimum Gasteiger partial charge on any atom is -0.466 e. The highest BCUT2D eigenvalue weighted by Crippen LogP contribution is 2.13. The van der Waals surface area contributed by atoms with E-state index in [2.05, 4.69) is 27.7 Å². The molecule has 0 spiro atoms. The van der Waals surface area contributed by atoms with Gasteiger partial charge >= 0.3 is 5.97 Å². The number of hydrogen-bond acceptors (Lipinski definition) is 4. The smallest absolute Gasteiger partial charge is 0.305 e. The molecule has 0 atom stereocenters. The molecule has 0 aromatic heterocycles. The van der Waals surface area contributed by atoms with Crippen LogP contribution in [0.2, 0.25) is 0 Å². The van der Waals surface area contributed by atoms with E-state index in [0.29, 0.717) is 19.4 Å². The number of unbranched alkanes of at least 4 members (excludes halogenated alkanes) is 16. The Hall–Kier alpha value is -0.610. The zero-order valence-electron chi connectivity index (χ0n) is 25.0. The standard InChI is InChI=1S/C32H64O4/c1-5-7-9-11-13-17-22-28-35-32(36-29-23-18-14-12-10-8-6-2)26-25-31(33)34-27-21-19-15-16-20-24-30(3)4/h30,32H,5-29H2,1-4H3.